The number of carbonyl (C=O) groups is 2. The lowest BCUT2D eigenvalue weighted by atomic mass is 9.98. The molecule has 0 aliphatic carbocycles. The van der Waals surface area contributed by atoms with Crippen molar-refractivity contribution in [2.24, 2.45) is 5.92 Å². The van der Waals surface area contributed by atoms with E-state index in [2.05, 4.69) is 5.32 Å². The Morgan fingerprint density at radius 3 is 2.38 bits per heavy atom. The molecule has 2 atom stereocenters. The Morgan fingerprint density at radius 1 is 1.08 bits per heavy atom. The molecule has 2 N–H and O–H groups in total. The minimum Gasteiger partial charge on any atom is -0.481 e. The zero-order valence-corrected chi connectivity index (χ0v) is 14.2. The molecular formula is C20H23NO3. The maximum absolute atomic E-state index is 12.4. The molecule has 24 heavy (non-hydrogen) atoms. The summed E-state index contributed by atoms with van der Waals surface area (Å²) in [5.41, 5.74) is 3.62. The van der Waals surface area contributed by atoms with Gasteiger partial charge in [0, 0.05) is 11.6 Å². The number of amides is 1. The van der Waals surface area contributed by atoms with E-state index in [0.717, 1.165) is 5.56 Å². The van der Waals surface area contributed by atoms with Gasteiger partial charge in [-0.25, -0.2) is 0 Å². The highest BCUT2D eigenvalue weighted by Crippen LogP contribution is 2.20. The van der Waals surface area contributed by atoms with Crippen LogP contribution in [0.2, 0.25) is 0 Å². The van der Waals surface area contributed by atoms with E-state index < -0.39 is 11.9 Å². The Kier molecular flexibility index (Phi) is 5.74. The number of benzene rings is 2. The molecule has 1 amide bonds. The van der Waals surface area contributed by atoms with E-state index in [1.165, 1.54) is 5.56 Å². The Morgan fingerprint density at radius 2 is 1.75 bits per heavy atom. The molecule has 0 fully saturated rings. The van der Waals surface area contributed by atoms with Crippen molar-refractivity contribution in [3.63, 3.8) is 0 Å². The molecule has 0 bridgehead atoms. The Labute approximate surface area is 142 Å². The predicted molar refractivity (Wildman–Crippen MR) is 95.2 cm³/mol. The highest BCUT2D eigenvalue weighted by Gasteiger charge is 2.16. The van der Waals surface area contributed by atoms with Gasteiger partial charge in [-0.15, -0.1) is 0 Å². The molecule has 4 nitrogen and oxygen atoms in total. The van der Waals surface area contributed by atoms with Gasteiger partial charge in [-0.1, -0.05) is 48.9 Å². The predicted octanol–water partition coefficient (Wildman–Crippen LogP) is 4.00. The molecule has 0 aromatic heterocycles. The molecule has 0 radical (unpaired) electrons. The number of hydrogen-bond acceptors (Lipinski definition) is 2. The number of nitrogens with one attached hydrogen (secondary N) is 1. The summed E-state index contributed by atoms with van der Waals surface area (Å²) in [6.45, 7) is 5.55. The lowest BCUT2D eigenvalue weighted by Gasteiger charge is -2.14. The molecule has 0 aliphatic rings. The zero-order chi connectivity index (χ0) is 17.7. The SMILES string of the molecule is Cc1ccc(CC(C)C(=O)Nc2cccc(C(C)C(=O)O)c2)cc1. The fourth-order valence-electron chi connectivity index (χ4n) is 2.46. The Hall–Kier alpha value is -2.62. The van der Waals surface area contributed by atoms with Crippen LogP contribution in [-0.2, 0) is 16.0 Å². The highest BCUT2D eigenvalue weighted by atomic mass is 16.4. The second-order valence-electron chi connectivity index (χ2n) is 6.27. The maximum atomic E-state index is 12.4. The van der Waals surface area contributed by atoms with Crippen molar-refractivity contribution >= 4 is 17.6 Å². The average Bonchev–Trinajstić information content (AvgIpc) is 2.56. The van der Waals surface area contributed by atoms with E-state index >= 15 is 0 Å². The van der Waals surface area contributed by atoms with Crippen molar-refractivity contribution in [1.29, 1.82) is 0 Å². The molecule has 0 spiro atoms. The maximum Gasteiger partial charge on any atom is 0.310 e. The van der Waals surface area contributed by atoms with Gasteiger partial charge in [0.2, 0.25) is 5.91 Å². The summed E-state index contributed by atoms with van der Waals surface area (Å²) in [4.78, 5) is 23.5. The monoisotopic (exact) mass is 325 g/mol. The number of carbonyl (C=O) groups excluding carboxylic acids is 1. The van der Waals surface area contributed by atoms with Gasteiger partial charge in [-0.2, -0.15) is 0 Å². The smallest absolute Gasteiger partial charge is 0.310 e. The number of rotatable bonds is 6. The van der Waals surface area contributed by atoms with Crippen LogP contribution in [0.3, 0.4) is 0 Å². The summed E-state index contributed by atoms with van der Waals surface area (Å²) in [6, 6.07) is 15.2. The Bertz CT molecular complexity index is 722. The zero-order valence-electron chi connectivity index (χ0n) is 14.2. The van der Waals surface area contributed by atoms with Crippen molar-refractivity contribution in [3.8, 4) is 0 Å². The van der Waals surface area contributed by atoms with Crippen LogP contribution in [0.15, 0.2) is 48.5 Å². The first-order valence-electron chi connectivity index (χ1n) is 8.06. The van der Waals surface area contributed by atoms with Crippen molar-refractivity contribution in [3.05, 3.63) is 65.2 Å². The second-order valence-corrected chi connectivity index (χ2v) is 6.27. The minimum atomic E-state index is -0.883. The van der Waals surface area contributed by atoms with Crippen molar-refractivity contribution in [2.75, 3.05) is 5.32 Å². The molecule has 126 valence electrons. The number of hydrogen-bond donors (Lipinski definition) is 2. The number of carboxylic acids is 1. The highest BCUT2D eigenvalue weighted by molar-refractivity contribution is 5.92. The fraction of sp³-hybridized carbons (Fsp3) is 0.300. The van der Waals surface area contributed by atoms with Crippen LogP contribution >= 0.6 is 0 Å². The first kappa shape index (κ1) is 17.7. The largest absolute Gasteiger partial charge is 0.481 e. The van der Waals surface area contributed by atoms with Crippen LogP contribution in [0.5, 0.6) is 0 Å². The summed E-state index contributed by atoms with van der Waals surface area (Å²) in [7, 11) is 0. The standard InChI is InChI=1S/C20H23NO3/c1-13-7-9-16(10-8-13)11-14(2)19(22)21-18-6-4-5-17(12-18)15(3)20(23)24/h4-10,12,14-15H,11H2,1-3H3,(H,21,22)(H,23,24). The molecule has 4 heteroatoms. The quantitative estimate of drug-likeness (QED) is 0.843. The van der Waals surface area contributed by atoms with E-state index in [-0.39, 0.29) is 11.8 Å². The van der Waals surface area contributed by atoms with E-state index in [0.29, 0.717) is 17.7 Å². The lowest BCUT2D eigenvalue weighted by molar-refractivity contribution is -0.138. The van der Waals surface area contributed by atoms with Crippen LogP contribution in [0, 0.1) is 12.8 Å². The lowest BCUT2D eigenvalue weighted by Crippen LogP contribution is -2.22. The number of anilines is 1. The second kappa shape index (κ2) is 7.77. The third-order valence-corrected chi connectivity index (χ3v) is 4.13. The van der Waals surface area contributed by atoms with Crippen LogP contribution in [-0.4, -0.2) is 17.0 Å². The summed E-state index contributed by atoms with van der Waals surface area (Å²) in [5, 5.41) is 12.0. The molecule has 2 aromatic rings. The van der Waals surface area contributed by atoms with Crippen molar-refractivity contribution in [2.45, 2.75) is 33.1 Å². The molecule has 2 unspecified atom stereocenters. The van der Waals surface area contributed by atoms with E-state index in [1.807, 2.05) is 38.1 Å². The van der Waals surface area contributed by atoms with E-state index in [1.54, 1.807) is 31.2 Å². The normalized spacial score (nSPS) is 13.1. The van der Waals surface area contributed by atoms with Crippen LogP contribution < -0.4 is 5.32 Å². The van der Waals surface area contributed by atoms with Gasteiger partial charge in [0.15, 0.2) is 0 Å². The summed E-state index contributed by atoms with van der Waals surface area (Å²) in [6.07, 6.45) is 0.664. The van der Waals surface area contributed by atoms with Gasteiger partial charge in [0.25, 0.3) is 0 Å². The van der Waals surface area contributed by atoms with Gasteiger partial charge >= 0.3 is 5.97 Å². The third-order valence-electron chi connectivity index (χ3n) is 4.13. The molecular weight excluding hydrogens is 302 g/mol. The first-order chi connectivity index (χ1) is 11.4. The molecule has 0 aliphatic heterocycles. The Balaban J connectivity index is 2.02. The summed E-state index contributed by atoms with van der Waals surface area (Å²) < 4.78 is 0. The fourth-order valence-corrected chi connectivity index (χ4v) is 2.46. The van der Waals surface area contributed by atoms with E-state index in [4.69, 9.17) is 5.11 Å². The van der Waals surface area contributed by atoms with Gasteiger partial charge in [-0.3, -0.25) is 9.59 Å². The molecule has 0 saturated carbocycles. The summed E-state index contributed by atoms with van der Waals surface area (Å²) >= 11 is 0. The molecule has 2 rings (SSSR count). The van der Waals surface area contributed by atoms with Crippen LogP contribution in [0.1, 0.15) is 36.5 Å². The number of aliphatic carboxylic acids is 1. The van der Waals surface area contributed by atoms with Crippen molar-refractivity contribution in [1.82, 2.24) is 0 Å². The molecule has 0 heterocycles. The molecule has 2 aromatic carbocycles. The van der Waals surface area contributed by atoms with Crippen LogP contribution in [0.4, 0.5) is 5.69 Å². The molecule has 0 saturated heterocycles. The number of carboxylic acid groups (broad SMARTS) is 1. The number of aryl methyl sites for hydroxylation is 1. The first-order valence-corrected chi connectivity index (χ1v) is 8.06. The summed E-state index contributed by atoms with van der Waals surface area (Å²) in [5.74, 6) is -1.73. The van der Waals surface area contributed by atoms with Gasteiger partial charge in [-0.05, 0) is 43.5 Å². The van der Waals surface area contributed by atoms with Gasteiger partial charge < -0.3 is 10.4 Å². The van der Waals surface area contributed by atoms with Crippen LogP contribution in [0.25, 0.3) is 0 Å². The van der Waals surface area contributed by atoms with Gasteiger partial charge in [0.1, 0.15) is 0 Å². The van der Waals surface area contributed by atoms with Gasteiger partial charge in [0.05, 0.1) is 5.92 Å². The van der Waals surface area contributed by atoms with Crippen molar-refractivity contribution < 1.29 is 14.7 Å². The minimum absolute atomic E-state index is 0.0734. The van der Waals surface area contributed by atoms with E-state index in [9.17, 15) is 9.59 Å². The topological polar surface area (TPSA) is 66.4 Å². The third kappa shape index (κ3) is 4.69. The average molecular weight is 325 g/mol.